The van der Waals surface area contributed by atoms with Crippen LogP contribution in [-0.4, -0.2) is 56.7 Å². The molecule has 0 aliphatic carbocycles. The Morgan fingerprint density at radius 2 is 1.31 bits per heavy atom. The molecule has 3 rings (SSSR count). The summed E-state index contributed by atoms with van der Waals surface area (Å²) >= 11 is 0. The lowest BCUT2D eigenvalue weighted by atomic mass is 10.3. The van der Waals surface area contributed by atoms with Gasteiger partial charge in [0.15, 0.2) is 0 Å². The standard InChI is InChI=1S/C5H3N11/c1-2(4-8-13-14-9-4)6-12-7-3(1)5-10-15-16-11-5/h1H,(H,8,9,13,14)(H,10,11,15,16). The molecule has 0 atom stereocenters. The van der Waals surface area contributed by atoms with Crippen LogP contribution in [0.15, 0.2) is 6.07 Å². The summed E-state index contributed by atoms with van der Waals surface area (Å²) in [5.74, 6) is 0.638. The van der Waals surface area contributed by atoms with Crippen molar-refractivity contribution in [1.82, 2.24) is 56.7 Å². The van der Waals surface area contributed by atoms with Gasteiger partial charge in [0.1, 0.15) is 11.4 Å². The minimum atomic E-state index is 0.319. The molecule has 3 heterocycles. The van der Waals surface area contributed by atoms with Crippen LogP contribution in [0.2, 0.25) is 0 Å². The number of tetrazole rings is 2. The molecule has 0 saturated carbocycles. The second-order valence-electron chi connectivity index (χ2n) is 2.68. The van der Waals surface area contributed by atoms with E-state index in [0.717, 1.165) is 0 Å². The fourth-order valence-electron chi connectivity index (χ4n) is 1.07. The van der Waals surface area contributed by atoms with Crippen LogP contribution in [0.3, 0.4) is 0 Å². The van der Waals surface area contributed by atoms with Gasteiger partial charge in [0.25, 0.3) is 0 Å². The Bertz CT molecular complexity index is 519. The number of aromatic nitrogens is 11. The molecule has 0 aromatic carbocycles. The van der Waals surface area contributed by atoms with Gasteiger partial charge in [0.05, 0.1) is 0 Å². The molecule has 11 nitrogen and oxygen atoms in total. The van der Waals surface area contributed by atoms with Gasteiger partial charge in [-0.1, -0.05) is 0 Å². The summed E-state index contributed by atoms with van der Waals surface area (Å²) in [5, 5.41) is 37.6. The first-order chi connectivity index (χ1) is 7.93. The first-order valence-corrected chi connectivity index (χ1v) is 4.11. The summed E-state index contributed by atoms with van der Waals surface area (Å²) in [7, 11) is 0. The maximum atomic E-state index is 3.77. The molecule has 3 aromatic heterocycles. The Morgan fingerprint density at radius 1 is 0.750 bits per heavy atom. The topological polar surface area (TPSA) is 148 Å². The maximum absolute atomic E-state index is 3.77. The van der Waals surface area contributed by atoms with Crippen molar-refractivity contribution in [1.29, 1.82) is 0 Å². The highest BCUT2D eigenvalue weighted by atomic mass is 15.5. The summed E-state index contributed by atoms with van der Waals surface area (Å²) in [5.41, 5.74) is 0.840. The molecule has 78 valence electrons. The predicted molar refractivity (Wildman–Crippen MR) is 46.2 cm³/mol. The van der Waals surface area contributed by atoms with Crippen molar-refractivity contribution in [2.75, 3.05) is 0 Å². The first kappa shape index (κ1) is 8.46. The lowest BCUT2D eigenvalue weighted by Crippen LogP contribution is -1.96. The van der Waals surface area contributed by atoms with Crippen molar-refractivity contribution in [2.24, 2.45) is 0 Å². The van der Waals surface area contributed by atoms with Gasteiger partial charge < -0.3 is 0 Å². The Labute approximate surface area is 86.7 Å². The van der Waals surface area contributed by atoms with Crippen molar-refractivity contribution < 1.29 is 0 Å². The van der Waals surface area contributed by atoms with Gasteiger partial charge in [-0.3, -0.25) is 0 Å². The molecule has 11 heteroatoms. The van der Waals surface area contributed by atoms with E-state index >= 15 is 0 Å². The Hall–Kier alpha value is -2.85. The second kappa shape index (κ2) is 3.38. The molecule has 0 spiro atoms. The smallest absolute Gasteiger partial charge is 0.177 e. The zero-order chi connectivity index (χ0) is 10.8. The van der Waals surface area contributed by atoms with E-state index in [9.17, 15) is 0 Å². The van der Waals surface area contributed by atoms with Gasteiger partial charge in [0.2, 0.25) is 11.6 Å². The number of rotatable bonds is 2. The van der Waals surface area contributed by atoms with Crippen LogP contribution in [0.5, 0.6) is 0 Å². The van der Waals surface area contributed by atoms with Gasteiger partial charge in [-0.2, -0.15) is 10.4 Å². The minimum Gasteiger partial charge on any atom is -0.177 e. The van der Waals surface area contributed by atoms with Gasteiger partial charge >= 0.3 is 0 Å². The van der Waals surface area contributed by atoms with Crippen molar-refractivity contribution in [3.63, 3.8) is 0 Å². The number of nitrogens with one attached hydrogen (secondary N) is 2. The Kier molecular flexibility index (Phi) is 1.79. The van der Waals surface area contributed by atoms with Gasteiger partial charge in [0, 0.05) is 6.07 Å². The second-order valence-corrected chi connectivity index (χ2v) is 2.68. The summed E-state index contributed by atoms with van der Waals surface area (Å²) in [6.45, 7) is 0. The van der Waals surface area contributed by atoms with E-state index in [4.69, 9.17) is 0 Å². The minimum absolute atomic E-state index is 0.319. The summed E-state index contributed by atoms with van der Waals surface area (Å²) in [6.07, 6.45) is 0. The SMILES string of the molecule is c1c(-c2nn[nH]n2)nnnc1-c1nn[nH]n1. The third-order valence-corrected chi connectivity index (χ3v) is 1.73. The lowest BCUT2D eigenvalue weighted by Gasteiger charge is -1.93. The summed E-state index contributed by atoms with van der Waals surface area (Å²) < 4.78 is 0. The van der Waals surface area contributed by atoms with E-state index in [1.54, 1.807) is 6.07 Å². The largest absolute Gasteiger partial charge is 0.225 e. The number of H-pyrrole nitrogens is 2. The van der Waals surface area contributed by atoms with Crippen LogP contribution in [0, 0.1) is 0 Å². The van der Waals surface area contributed by atoms with Crippen LogP contribution < -0.4 is 0 Å². The fourth-order valence-corrected chi connectivity index (χ4v) is 1.07. The van der Waals surface area contributed by atoms with E-state index in [1.807, 2.05) is 0 Å². The van der Waals surface area contributed by atoms with Crippen molar-refractivity contribution in [3.05, 3.63) is 6.07 Å². The lowest BCUT2D eigenvalue weighted by molar-refractivity contribution is 0.863. The number of hydrogen-bond donors (Lipinski definition) is 2. The average molecular weight is 217 g/mol. The predicted octanol–water partition coefficient (Wildman–Crippen LogP) is -1.77. The van der Waals surface area contributed by atoms with Crippen LogP contribution in [0.25, 0.3) is 23.0 Å². The highest BCUT2D eigenvalue weighted by molar-refractivity contribution is 5.56. The number of hydrogen-bond acceptors (Lipinski definition) is 9. The third kappa shape index (κ3) is 1.35. The molecule has 2 N–H and O–H groups in total. The van der Waals surface area contributed by atoms with E-state index in [2.05, 4.69) is 56.7 Å². The normalized spacial score (nSPS) is 10.5. The fraction of sp³-hybridized carbons (Fsp3) is 0. The van der Waals surface area contributed by atoms with Crippen LogP contribution in [0.4, 0.5) is 0 Å². The average Bonchev–Trinajstić information content (AvgIpc) is 3.03. The highest BCUT2D eigenvalue weighted by Gasteiger charge is 2.11. The van der Waals surface area contributed by atoms with Crippen molar-refractivity contribution >= 4 is 0 Å². The van der Waals surface area contributed by atoms with E-state index in [1.165, 1.54) is 0 Å². The zero-order valence-corrected chi connectivity index (χ0v) is 7.60. The molecule has 0 unspecified atom stereocenters. The monoisotopic (exact) mass is 217 g/mol. The van der Waals surface area contributed by atoms with Crippen molar-refractivity contribution in [2.45, 2.75) is 0 Å². The van der Waals surface area contributed by atoms with Crippen LogP contribution in [-0.2, 0) is 0 Å². The van der Waals surface area contributed by atoms with Gasteiger partial charge in [-0.05, 0) is 15.6 Å². The number of nitrogens with zero attached hydrogens (tertiary/aromatic N) is 9. The maximum Gasteiger partial charge on any atom is 0.225 e. The third-order valence-electron chi connectivity index (χ3n) is 1.73. The summed E-state index contributed by atoms with van der Waals surface area (Å²) in [6, 6.07) is 1.59. The molecule has 0 saturated heterocycles. The molecule has 3 aromatic rings. The van der Waals surface area contributed by atoms with Crippen LogP contribution >= 0.6 is 0 Å². The van der Waals surface area contributed by atoms with E-state index in [-0.39, 0.29) is 0 Å². The molecular formula is C5H3N11. The molecule has 0 aliphatic rings. The van der Waals surface area contributed by atoms with Gasteiger partial charge in [-0.25, -0.2) is 0 Å². The first-order valence-electron chi connectivity index (χ1n) is 4.11. The molecule has 16 heavy (non-hydrogen) atoms. The Morgan fingerprint density at radius 3 is 1.75 bits per heavy atom. The highest BCUT2D eigenvalue weighted by Crippen LogP contribution is 2.14. The zero-order valence-electron chi connectivity index (χ0n) is 7.60. The number of aromatic amines is 2. The van der Waals surface area contributed by atoms with E-state index in [0.29, 0.717) is 23.0 Å². The Balaban J connectivity index is 2.07. The molecule has 0 amide bonds. The summed E-state index contributed by atoms with van der Waals surface area (Å²) in [4.78, 5) is 0. The molecule has 0 bridgehead atoms. The van der Waals surface area contributed by atoms with Crippen LogP contribution in [0.1, 0.15) is 0 Å². The quantitative estimate of drug-likeness (QED) is 0.508. The van der Waals surface area contributed by atoms with Crippen molar-refractivity contribution in [3.8, 4) is 23.0 Å². The molecule has 0 aliphatic heterocycles. The molecular weight excluding hydrogens is 214 g/mol. The van der Waals surface area contributed by atoms with Gasteiger partial charge in [-0.15, -0.1) is 30.6 Å². The van der Waals surface area contributed by atoms with E-state index < -0.39 is 0 Å². The molecule has 0 radical (unpaired) electrons. The molecule has 0 fully saturated rings.